The summed E-state index contributed by atoms with van der Waals surface area (Å²) in [6, 6.07) is 5.96. The molecule has 0 bridgehead atoms. The van der Waals surface area contributed by atoms with E-state index in [1.165, 1.54) is 12.8 Å². The number of β-amino-alcohol motifs (C(OH)–C–C–N with tert-alkyl or cyclic N) is 1. The third-order valence-corrected chi connectivity index (χ3v) is 5.11. The predicted octanol–water partition coefficient (Wildman–Crippen LogP) is 1.66. The van der Waals surface area contributed by atoms with Gasteiger partial charge in [0.25, 0.3) is 0 Å². The van der Waals surface area contributed by atoms with E-state index in [0.29, 0.717) is 18.0 Å². The van der Waals surface area contributed by atoms with Gasteiger partial charge in [0.2, 0.25) is 0 Å². The SMILES string of the molecule is COc1cc(CNCC2(C)COC2)ccc1OCC(O)CN1CCCC1. The number of aliphatic hydroxyl groups is 1. The first kappa shape index (κ1) is 19.4. The van der Waals surface area contributed by atoms with Crippen LogP contribution < -0.4 is 14.8 Å². The van der Waals surface area contributed by atoms with Crippen LogP contribution in [0.1, 0.15) is 25.3 Å². The van der Waals surface area contributed by atoms with Crippen LogP contribution in [0.25, 0.3) is 0 Å². The molecule has 1 aromatic carbocycles. The first-order valence-corrected chi connectivity index (χ1v) is 9.57. The van der Waals surface area contributed by atoms with E-state index in [-0.39, 0.29) is 12.0 Å². The van der Waals surface area contributed by atoms with Crippen LogP contribution in [0, 0.1) is 5.41 Å². The Morgan fingerprint density at radius 2 is 2.04 bits per heavy atom. The number of nitrogens with one attached hydrogen (secondary N) is 1. The summed E-state index contributed by atoms with van der Waals surface area (Å²) in [5.41, 5.74) is 1.41. The first-order chi connectivity index (χ1) is 12.6. The van der Waals surface area contributed by atoms with Crippen molar-refractivity contribution in [3.05, 3.63) is 23.8 Å². The lowest BCUT2D eigenvalue weighted by Gasteiger charge is -2.38. The zero-order valence-corrected chi connectivity index (χ0v) is 16.0. The monoisotopic (exact) mass is 364 g/mol. The number of rotatable bonds is 10. The van der Waals surface area contributed by atoms with Gasteiger partial charge in [0, 0.05) is 25.0 Å². The molecule has 3 rings (SSSR count). The van der Waals surface area contributed by atoms with Crippen molar-refractivity contribution >= 4 is 0 Å². The molecule has 146 valence electrons. The Morgan fingerprint density at radius 1 is 1.27 bits per heavy atom. The summed E-state index contributed by atoms with van der Waals surface area (Å²) in [6.07, 6.45) is 1.97. The molecule has 6 heteroatoms. The highest BCUT2D eigenvalue weighted by Gasteiger charge is 2.32. The van der Waals surface area contributed by atoms with Crippen molar-refractivity contribution in [1.82, 2.24) is 10.2 Å². The Balaban J connectivity index is 1.46. The average Bonchev–Trinajstić information content (AvgIpc) is 3.11. The number of nitrogens with zero attached hydrogens (tertiary/aromatic N) is 1. The van der Waals surface area contributed by atoms with Gasteiger partial charge in [-0.15, -0.1) is 0 Å². The summed E-state index contributed by atoms with van der Waals surface area (Å²) >= 11 is 0. The van der Waals surface area contributed by atoms with Crippen LogP contribution in [0.2, 0.25) is 0 Å². The number of hydrogen-bond donors (Lipinski definition) is 2. The van der Waals surface area contributed by atoms with Crippen molar-refractivity contribution in [3.63, 3.8) is 0 Å². The van der Waals surface area contributed by atoms with Gasteiger partial charge in [-0.25, -0.2) is 0 Å². The molecule has 0 saturated carbocycles. The Hall–Kier alpha value is -1.34. The van der Waals surface area contributed by atoms with Crippen LogP contribution in [-0.4, -0.2) is 69.2 Å². The molecule has 1 atom stereocenters. The smallest absolute Gasteiger partial charge is 0.161 e. The molecule has 0 aromatic heterocycles. The molecule has 2 heterocycles. The van der Waals surface area contributed by atoms with Crippen LogP contribution in [0.5, 0.6) is 11.5 Å². The Kier molecular flexibility index (Phi) is 6.75. The third kappa shape index (κ3) is 5.33. The van der Waals surface area contributed by atoms with E-state index < -0.39 is 6.10 Å². The molecule has 0 amide bonds. The lowest BCUT2D eigenvalue weighted by Crippen LogP contribution is -2.47. The first-order valence-electron chi connectivity index (χ1n) is 9.57. The van der Waals surface area contributed by atoms with Crippen molar-refractivity contribution in [2.75, 3.05) is 53.1 Å². The number of likely N-dealkylation sites (tertiary alicyclic amines) is 1. The van der Waals surface area contributed by atoms with Crippen molar-refractivity contribution in [2.45, 2.75) is 32.4 Å². The molecule has 0 radical (unpaired) electrons. The number of benzene rings is 1. The molecular weight excluding hydrogens is 332 g/mol. The Morgan fingerprint density at radius 3 is 2.69 bits per heavy atom. The molecule has 0 aliphatic carbocycles. The van der Waals surface area contributed by atoms with Gasteiger partial charge in [-0.2, -0.15) is 0 Å². The second-order valence-corrected chi connectivity index (χ2v) is 7.86. The van der Waals surface area contributed by atoms with Gasteiger partial charge in [-0.05, 0) is 43.6 Å². The van der Waals surface area contributed by atoms with Crippen LogP contribution >= 0.6 is 0 Å². The number of ether oxygens (including phenoxy) is 3. The zero-order valence-electron chi connectivity index (χ0n) is 16.0. The van der Waals surface area contributed by atoms with Gasteiger partial charge in [-0.1, -0.05) is 13.0 Å². The van der Waals surface area contributed by atoms with Crippen LogP contribution in [0.3, 0.4) is 0 Å². The largest absolute Gasteiger partial charge is 0.493 e. The van der Waals surface area contributed by atoms with Gasteiger partial charge in [0.15, 0.2) is 11.5 Å². The fraction of sp³-hybridized carbons (Fsp3) is 0.700. The van der Waals surface area contributed by atoms with Crippen LogP contribution in [-0.2, 0) is 11.3 Å². The minimum Gasteiger partial charge on any atom is -0.493 e. The van der Waals surface area contributed by atoms with E-state index in [0.717, 1.165) is 45.0 Å². The summed E-state index contributed by atoms with van der Waals surface area (Å²) in [5.74, 6) is 1.38. The van der Waals surface area contributed by atoms with Crippen molar-refractivity contribution < 1.29 is 19.3 Å². The maximum absolute atomic E-state index is 10.2. The summed E-state index contributed by atoms with van der Waals surface area (Å²) in [7, 11) is 1.65. The highest BCUT2D eigenvalue weighted by molar-refractivity contribution is 5.43. The highest BCUT2D eigenvalue weighted by Crippen LogP contribution is 2.29. The van der Waals surface area contributed by atoms with Crippen LogP contribution in [0.4, 0.5) is 0 Å². The minimum absolute atomic E-state index is 0.263. The molecule has 2 aliphatic heterocycles. The zero-order chi connectivity index (χ0) is 18.4. The predicted molar refractivity (Wildman–Crippen MR) is 101 cm³/mol. The average molecular weight is 364 g/mol. The molecule has 2 N–H and O–H groups in total. The van der Waals surface area contributed by atoms with E-state index in [4.69, 9.17) is 14.2 Å². The lowest BCUT2D eigenvalue weighted by molar-refractivity contribution is -0.0991. The maximum atomic E-state index is 10.2. The van der Waals surface area contributed by atoms with E-state index in [2.05, 4.69) is 17.1 Å². The van der Waals surface area contributed by atoms with E-state index in [1.54, 1.807) is 7.11 Å². The van der Waals surface area contributed by atoms with Gasteiger partial charge in [0.1, 0.15) is 12.7 Å². The topological polar surface area (TPSA) is 63.2 Å². The van der Waals surface area contributed by atoms with Crippen LogP contribution in [0.15, 0.2) is 18.2 Å². The second kappa shape index (κ2) is 9.04. The molecule has 6 nitrogen and oxygen atoms in total. The summed E-state index contributed by atoms with van der Waals surface area (Å²) < 4.78 is 16.5. The molecule has 2 aliphatic rings. The van der Waals surface area contributed by atoms with Gasteiger partial charge >= 0.3 is 0 Å². The molecule has 1 unspecified atom stereocenters. The minimum atomic E-state index is -0.482. The van der Waals surface area contributed by atoms with Gasteiger partial charge < -0.3 is 29.5 Å². The van der Waals surface area contributed by atoms with Gasteiger partial charge in [0.05, 0.1) is 20.3 Å². The van der Waals surface area contributed by atoms with E-state index in [9.17, 15) is 5.11 Å². The molecule has 2 saturated heterocycles. The maximum Gasteiger partial charge on any atom is 0.161 e. The fourth-order valence-electron chi connectivity index (χ4n) is 3.50. The number of aliphatic hydroxyl groups excluding tert-OH is 1. The Labute approximate surface area is 156 Å². The number of hydrogen-bond acceptors (Lipinski definition) is 6. The molecule has 2 fully saturated rings. The molecule has 0 spiro atoms. The Bertz CT molecular complexity index is 571. The summed E-state index contributed by atoms with van der Waals surface area (Å²) in [5, 5.41) is 13.7. The summed E-state index contributed by atoms with van der Waals surface area (Å²) in [4.78, 5) is 2.29. The van der Waals surface area contributed by atoms with Crippen molar-refractivity contribution in [2.24, 2.45) is 5.41 Å². The molecular formula is C20H32N2O4. The second-order valence-electron chi connectivity index (χ2n) is 7.86. The van der Waals surface area contributed by atoms with Crippen molar-refractivity contribution in [3.8, 4) is 11.5 Å². The van der Waals surface area contributed by atoms with E-state index >= 15 is 0 Å². The summed E-state index contributed by atoms with van der Waals surface area (Å²) in [6.45, 7) is 8.72. The third-order valence-electron chi connectivity index (χ3n) is 5.11. The number of methoxy groups -OCH3 is 1. The highest BCUT2D eigenvalue weighted by atomic mass is 16.5. The molecule has 26 heavy (non-hydrogen) atoms. The normalized spacial score (nSPS) is 20.6. The molecule has 1 aromatic rings. The quantitative estimate of drug-likeness (QED) is 0.658. The standard InChI is InChI=1S/C20H32N2O4/c1-20(14-25-15-20)13-21-10-16-5-6-18(19(9-16)24-2)26-12-17(23)11-22-7-3-4-8-22/h5-6,9,17,21,23H,3-4,7-8,10-15H2,1-2H3. The van der Waals surface area contributed by atoms with E-state index in [1.807, 2.05) is 18.2 Å². The van der Waals surface area contributed by atoms with Gasteiger partial charge in [-0.3, -0.25) is 0 Å². The lowest BCUT2D eigenvalue weighted by atomic mass is 9.89. The van der Waals surface area contributed by atoms with Crippen molar-refractivity contribution in [1.29, 1.82) is 0 Å². The fourth-order valence-corrected chi connectivity index (χ4v) is 3.50.